The zero-order chi connectivity index (χ0) is 26.4. The van der Waals surface area contributed by atoms with Crippen LogP contribution in [0.4, 0.5) is 33.5 Å². The van der Waals surface area contributed by atoms with Gasteiger partial charge in [0.05, 0.1) is 25.9 Å². The summed E-state index contributed by atoms with van der Waals surface area (Å²) in [4.78, 5) is 12.8. The molecule has 1 aliphatic heterocycles. The highest BCUT2D eigenvalue weighted by molar-refractivity contribution is 9.10. The first kappa shape index (κ1) is 26.0. The fourth-order valence-electron chi connectivity index (χ4n) is 3.86. The van der Waals surface area contributed by atoms with Gasteiger partial charge in [-0.2, -0.15) is 18.3 Å². The SMILES string of the molecule is COc1ccc(C2CC(C(F)(F)F)n3nc(C(=O)Nc4c(F)cc(F)cc4Br)c(Cl)c3N2)cc1OC. The molecule has 0 fully saturated rings. The summed E-state index contributed by atoms with van der Waals surface area (Å²) in [7, 11) is 2.82. The van der Waals surface area contributed by atoms with Crippen molar-refractivity contribution in [3.05, 3.63) is 62.7 Å². The molecule has 2 aromatic carbocycles. The van der Waals surface area contributed by atoms with Crippen LogP contribution in [0.25, 0.3) is 0 Å². The summed E-state index contributed by atoms with van der Waals surface area (Å²) in [5.41, 5.74) is -0.544. The lowest BCUT2D eigenvalue weighted by Crippen LogP contribution is -2.35. The summed E-state index contributed by atoms with van der Waals surface area (Å²) < 4.78 is 80.5. The molecule has 2 heterocycles. The van der Waals surface area contributed by atoms with Crippen LogP contribution in [0.15, 0.2) is 34.8 Å². The predicted molar refractivity (Wildman–Crippen MR) is 125 cm³/mol. The molecule has 2 N–H and O–H groups in total. The van der Waals surface area contributed by atoms with Gasteiger partial charge in [0.25, 0.3) is 5.91 Å². The number of anilines is 2. The standard InChI is InChI=1S/C22H17BrClF5N4O3/c1-35-14-4-3-9(5-15(14)36-2)13-8-16(22(27,28)29)33-20(30-13)17(24)19(32-33)21(34)31-18-11(23)6-10(25)7-12(18)26/h3-7,13,16,30H,8H2,1-2H3,(H,31,34). The molecule has 14 heteroatoms. The molecule has 1 amide bonds. The Morgan fingerprint density at radius 3 is 2.50 bits per heavy atom. The predicted octanol–water partition coefficient (Wildman–Crippen LogP) is 6.51. The maximum Gasteiger partial charge on any atom is 0.410 e. The fraction of sp³-hybridized carbons (Fsp3) is 0.273. The highest BCUT2D eigenvalue weighted by Crippen LogP contribution is 2.47. The smallest absolute Gasteiger partial charge is 0.410 e. The van der Waals surface area contributed by atoms with Gasteiger partial charge in [-0.1, -0.05) is 17.7 Å². The van der Waals surface area contributed by atoms with Gasteiger partial charge in [-0.3, -0.25) is 4.79 Å². The number of amides is 1. The van der Waals surface area contributed by atoms with E-state index in [-0.39, 0.29) is 10.3 Å². The average molecular weight is 596 g/mol. The van der Waals surface area contributed by atoms with E-state index in [0.29, 0.717) is 27.8 Å². The highest BCUT2D eigenvalue weighted by Gasteiger charge is 2.48. The van der Waals surface area contributed by atoms with Gasteiger partial charge in [0.2, 0.25) is 0 Å². The van der Waals surface area contributed by atoms with Gasteiger partial charge < -0.3 is 20.1 Å². The molecular formula is C22H17BrClF5N4O3. The maximum atomic E-state index is 14.2. The minimum atomic E-state index is -4.74. The zero-order valence-corrected chi connectivity index (χ0v) is 20.9. The Bertz CT molecular complexity index is 1310. The summed E-state index contributed by atoms with van der Waals surface area (Å²) in [6.45, 7) is 0. The number of aromatic nitrogens is 2. The Morgan fingerprint density at radius 1 is 1.19 bits per heavy atom. The molecule has 0 spiro atoms. The van der Waals surface area contributed by atoms with E-state index in [2.05, 4.69) is 31.7 Å². The number of carbonyl (C=O) groups is 1. The van der Waals surface area contributed by atoms with E-state index in [1.165, 1.54) is 20.3 Å². The molecule has 0 aliphatic carbocycles. The van der Waals surface area contributed by atoms with Crippen LogP contribution in [0.3, 0.4) is 0 Å². The van der Waals surface area contributed by atoms with E-state index in [1.807, 2.05) is 0 Å². The van der Waals surface area contributed by atoms with Crippen LogP contribution >= 0.6 is 27.5 Å². The number of methoxy groups -OCH3 is 2. The van der Waals surface area contributed by atoms with Crippen LogP contribution in [-0.2, 0) is 0 Å². The molecule has 2 unspecified atom stereocenters. The van der Waals surface area contributed by atoms with E-state index >= 15 is 0 Å². The third kappa shape index (κ3) is 4.81. The van der Waals surface area contributed by atoms with Crippen molar-refractivity contribution < 1.29 is 36.2 Å². The molecule has 3 aromatic rings. The first-order valence-electron chi connectivity index (χ1n) is 10.2. The number of hydrogen-bond donors (Lipinski definition) is 2. The molecule has 2 atom stereocenters. The van der Waals surface area contributed by atoms with E-state index in [0.717, 1.165) is 6.07 Å². The second kappa shape index (κ2) is 9.77. The van der Waals surface area contributed by atoms with Crippen LogP contribution in [0.5, 0.6) is 11.5 Å². The van der Waals surface area contributed by atoms with Crippen molar-refractivity contribution >= 4 is 44.9 Å². The topological polar surface area (TPSA) is 77.4 Å². The van der Waals surface area contributed by atoms with Crippen molar-refractivity contribution in [2.75, 3.05) is 24.9 Å². The van der Waals surface area contributed by atoms with Crippen molar-refractivity contribution in [1.29, 1.82) is 0 Å². The maximum absolute atomic E-state index is 14.2. The number of benzene rings is 2. The van der Waals surface area contributed by atoms with Crippen LogP contribution in [0, 0.1) is 11.6 Å². The molecule has 0 bridgehead atoms. The van der Waals surface area contributed by atoms with Crippen LogP contribution in [0.1, 0.15) is 34.6 Å². The number of alkyl halides is 3. The number of fused-ring (bicyclic) bond motifs is 1. The quantitative estimate of drug-likeness (QED) is 0.329. The highest BCUT2D eigenvalue weighted by atomic mass is 79.9. The first-order chi connectivity index (χ1) is 16.9. The van der Waals surface area contributed by atoms with E-state index in [1.54, 1.807) is 12.1 Å². The van der Waals surface area contributed by atoms with E-state index in [9.17, 15) is 26.7 Å². The molecule has 4 rings (SSSR count). The lowest BCUT2D eigenvalue weighted by Gasteiger charge is -2.33. The molecule has 0 saturated heterocycles. The number of ether oxygens (including phenoxy) is 2. The minimum absolute atomic E-state index is 0.117. The Hall–Kier alpha value is -3.06. The Morgan fingerprint density at radius 2 is 1.89 bits per heavy atom. The van der Waals surface area contributed by atoms with Crippen molar-refractivity contribution in [3.63, 3.8) is 0 Å². The zero-order valence-electron chi connectivity index (χ0n) is 18.5. The number of rotatable bonds is 5. The van der Waals surface area contributed by atoms with E-state index in [4.69, 9.17) is 21.1 Å². The van der Waals surface area contributed by atoms with Gasteiger partial charge in [0.1, 0.15) is 16.7 Å². The van der Waals surface area contributed by atoms with Gasteiger partial charge in [0, 0.05) is 17.0 Å². The summed E-state index contributed by atoms with van der Waals surface area (Å²) in [6, 6.07) is 3.11. The van der Waals surface area contributed by atoms with Gasteiger partial charge >= 0.3 is 6.18 Å². The molecule has 192 valence electrons. The number of nitrogens with zero attached hydrogens (tertiary/aromatic N) is 2. The Labute approximate surface area is 214 Å². The van der Waals surface area contributed by atoms with Crippen LogP contribution < -0.4 is 20.1 Å². The largest absolute Gasteiger partial charge is 0.493 e. The van der Waals surface area contributed by atoms with Crippen LogP contribution in [0.2, 0.25) is 5.02 Å². The number of nitrogens with one attached hydrogen (secondary N) is 2. The van der Waals surface area contributed by atoms with Gasteiger partial charge in [-0.05, 0) is 39.7 Å². The van der Waals surface area contributed by atoms with Gasteiger partial charge in [-0.25, -0.2) is 13.5 Å². The normalized spacial score (nSPS) is 17.2. The summed E-state index contributed by atoms with van der Waals surface area (Å²) in [5, 5.41) is 8.47. The Kier molecular flexibility index (Phi) is 7.06. The van der Waals surface area contributed by atoms with Gasteiger partial charge in [-0.15, -0.1) is 0 Å². The number of hydrogen-bond acceptors (Lipinski definition) is 5. The van der Waals surface area contributed by atoms with Crippen molar-refractivity contribution in [2.45, 2.75) is 24.7 Å². The second-order valence-electron chi connectivity index (χ2n) is 7.76. The Balaban J connectivity index is 1.72. The first-order valence-corrected chi connectivity index (χ1v) is 11.4. The summed E-state index contributed by atoms with van der Waals surface area (Å²) in [6.07, 6.45) is -5.20. The summed E-state index contributed by atoms with van der Waals surface area (Å²) in [5.74, 6) is -2.61. The molecule has 1 aliphatic rings. The molecule has 7 nitrogen and oxygen atoms in total. The van der Waals surface area contributed by atoms with Crippen LogP contribution in [-0.4, -0.2) is 36.1 Å². The second-order valence-corrected chi connectivity index (χ2v) is 8.99. The third-order valence-corrected chi connectivity index (χ3v) is 6.55. The molecule has 0 saturated carbocycles. The summed E-state index contributed by atoms with van der Waals surface area (Å²) >= 11 is 9.23. The fourth-order valence-corrected chi connectivity index (χ4v) is 4.63. The monoisotopic (exact) mass is 594 g/mol. The molecule has 0 radical (unpaired) electrons. The number of halogens is 7. The average Bonchev–Trinajstić information content (AvgIpc) is 3.15. The van der Waals surface area contributed by atoms with Crippen molar-refractivity contribution in [1.82, 2.24) is 9.78 Å². The van der Waals surface area contributed by atoms with E-state index < -0.39 is 58.6 Å². The molecular weight excluding hydrogens is 579 g/mol. The van der Waals surface area contributed by atoms with Gasteiger partial charge in [0.15, 0.2) is 29.1 Å². The third-order valence-electron chi connectivity index (χ3n) is 5.57. The molecule has 36 heavy (non-hydrogen) atoms. The molecule has 1 aromatic heterocycles. The minimum Gasteiger partial charge on any atom is -0.493 e. The number of carbonyl (C=O) groups excluding carboxylic acids is 1. The lowest BCUT2D eigenvalue weighted by atomic mass is 9.96. The van der Waals surface area contributed by atoms with Crippen molar-refractivity contribution in [3.8, 4) is 11.5 Å². The lowest BCUT2D eigenvalue weighted by molar-refractivity contribution is -0.173. The van der Waals surface area contributed by atoms with Crippen molar-refractivity contribution in [2.24, 2.45) is 0 Å².